The van der Waals surface area contributed by atoms with Crippen LogP contribution in [0.25, 0.3) is 0 Å². The van der Waals surface area contributed by atoms with Crippen molar-refractivity contribution in [2.75, 3.05) is 13.1 Å². The smallest absolute Gasteiger partial charge is 0.242 e. The molecular formula is C18H21N3O. The summed E-state index contributed by atoms with van der Waals surface area (Å²) in [6, 6.07) is 11.9. The van der Waals surface area contributed by atoms with Gasteiger partial charge < -0.3 is 5.32 Å². The molecule has 2 aromatic rings. The third-order valence-corrected chi connectivity index (χ3v) is 4.28. The molecule has 0 saturated carbocycles. The van der Waals surface area contributed by atoms with Gasteiger partial charge in [0.05, 0.1) is 0 Å². The van der Waals surface area contributed by atoms with Gasteiger partial charge in [0.15, 0.2) is 0 Å². The van der Waals surface area contributed by atoms with Crippen LogP contribution < -0.4 is 5.32 Å². The highest BCUT2D eigenvalue weighted by Crippen LogP contribution is 2.27. The van der Waals surface area contributed by atoms with E-state index in [-0.39, 0.29) is 11.9 Å². The quantitative estimate of drug-likeness (QED) is 0.945. The van der Waals surface area contributed by atoms with Crippen LogP contribution in [0, 0.1) is 13.8 Å². The standard InChI is InChI=1S/C18H21N3O/c1-13-6-3-4-8-16(13)17-18(22)20-10-11-21(17)12-15-7-5-9-19-14(15)2/h3-9,17H,10-12H2,1-2H3,(H,20,22). The van der Waals surface area contributed by atoms with E-state index in [1.165, 1.54) is 5.56 Å². The molecule has 4 nitrogen and oxygen atoms in total. The van der Waals surface area contributed by atoms with Crippen molar-refractivity contribution in [1.29, 1.82) is 0 Å². The highest BCUT2D eigenvalue weighted by molar-refractivity contribution is 5.84. The topological polar surface area (TPSA) is 45.2 Å². The van der Waals surface area contributed by atoms with E-state index < -0.39 is 0 Å². The summed E-state index contributed by atoms with van der Waals surface area (Å²) in [7, 11) is 0. The van der Waals surface area contributed by atoms with E-state index in [1.807, 2.05) is 31.2 Å². The number of nitrogens with zero attached hydrogens (tertiary/aromatic N) is 2. The van der Waals surface area contributed by atoms with Gasteiger partial charge in [0.2, 0.25) is 5.91 Å². The summed E-state index contributed by atoms with van der Waals surface area (Å²) < 4.78 is 0. The summed E-state index contributed by atoms with van der Waals surface area (Å²) in [5.41, 5.74) is 4.44. The second kappa shape index (κ2) is 6.28. The normalized spacial score (nSPS) is 19.0. The summed E-state index contributed by atoms with van der Waals surface area (Å²) >= 11 is 0. The average molecular weight is 295 g/mol. The third kappa shape index (κ3) is 2.88. The Kier molecular flexibility index (Phi) is 4.20. The molecule has 2 heterocycles. The molecule has 0 bridgehead atoms. The van der Waals surface area contributed by atoms with Crippen LogP contribution in [-0.2, 0) is 11.3 Å². The summed E-state index contributed by atoms with van der Waals surface area (Å²) in [6.07, 6.45) is 1.81. The van der Waals surface area contributed by atoms with Crippen LogP contribution in [0.15, 0.2) is 42.6 Å². The van der Waals surface area contributed by atoms with Gasteiger partial charge in [-0.25, -0.2) is 0 Å². The van der Waals surface area contributed by atoms with Crippen molar-refractivity contribution in [3.63, 3.8) is 0 Å². The molecule has 3 rings (SSSR count). The summed E-state index contributed by atoms with van der Waals surface area (Å²) in [4.78, 5) is 19.1. The number of pyridine rings is 1. The van der Waals surface area contributed by atoms with Crippen LogP contribution >= 0.6 is 0 Å². The summed E-state index contributed by atoms with van der Waals surface area (Å²) in [5.74, 6) is 0.0853. The molecule has 1 aromatic carbocycles. The monoisotopic (exact) mass is 295 g/mol. The van der Waals surface area contributed by atoms with E-state index in [2.05, 4.69) is 34.3 Å². The molecule has 1 fully saturated rings. The van der Waals surface area contributed by atoms with Crippen LogP contribution in [0.5, 0.6) is 0 Å². The van der Waals surface area contributed by atoms with Gasteiger partial charge in [-0.1, -0.05) is 30.3 Å². The van der Waals surface area contributed by atoms with Gasteiger partial charge in [0.25, 0.3) is 0 Å². The van der Waals surface area contributed by atoms with Crippen molar-refractivity contribution >= 4 is 5.91 Å². The Labute approximate surface area is 131 Å². The second-order valence-electron chi connectivity index (χ2n) is 5.77. The largest absolute Gasteiger partial charge is 0.353 e. The SMILES string of the molecule is Cc1ccccc1C1C(=O)NCCN1Cc1cccnc1C. The minimum atomic E-state index is -0.227. The molecular weight excluding hydrogens is 274 g/mol. The van der Waals surface area contributed by atoms with Gasteiger partial charge in [0, 0.05) is 31.5 Å². The maximum Gasteiger partial charge on any atom is 0.242 e. The highest BCUT2D eigenvalue weighted by Gasteiger charge is 2.32. The number of carbonyl (C=O) groups excluding carboxylic acids is 1. The molecule has 1 saturated heterocycles. The molecule has 1 aliphatic rings. The van der Waals surface area contributed by atoms with Gasteiger partial charge >= 0.3 is 0 Å². The lowest BCUT2D eigenvalue weighted by atomic mass is 9.97. The molecule has 0 aliphatic carbocycles. The van der Waals surface area contributed by atoms with E-state index >= 15 is 0 Å². The predicted molar refractivity (Wildman–Crippen MR) is 86.3 cm³/mol. The molecule has 1 N–H and O–H groups in total. The molecule has 1 amide bonds. The van der Waals surface area contributed by atoms with Crippen molar-refractivity contribution < 1.29 is 4.79 Å². The molecule has 114 valence electrons. The zero-order valence-corrected chi connectivity index (χ0v) is 13.0. The van der Waals surface area contributed by atoms with Crippen molar-refractivity contribution in [2.24, 2.45) is 0 Å². The first kappa shape index (κ1) is 14.7. The lowest BCUT2D eigenvalue weighted by Gasteiger charge is -2.36. The van der Waals surface area contributed by atoms with Gasteiger partial charge in [-0.05, 0) is 36.6 Å². The number of carbonyl (C=O) groups is 1. The lowest BCUT2D eigenvalue weighted by molar-refractivity contribution is -0.129. The van der Waals surface area contributed by atoms with Crippen LogP contribution in [0.4, 0.5) is 0 Å². The first-order valence-corrected chi connectivity index (χ1v) is 7.64. The van der Waals surface area contributed by atoms with E-state index in [9.17, 15) is 4.79 Å². The van der Waals surface area contributed by atoms with E-state index in [0.29, 0.717) is 6.54 Å². The predicted octanol–water partition coefficient (Wildman–Crippen LogP) is 2.37. The maximum atomic E-state index is 12.5. The van der Waals surface area contributed by atoms with E-state index in [4.69, 9.17) is 0 Å². The Balaban J connectivity index is 1.93. The highest BCUT2D eigenvalue weighted by atomic mass is 16.2. The minimum Gasteiger partial charge on any atom is -0.353 e. The zero-order chi connectivity index (χ0) is 15.5. The fourth-order valence-corrected chi connectivity index (χ4v) is 3.02. The van der Waals surface area contributed by atoms with Gasteiger partial charge in [-0.2, -0.15) is 0 Å². The molecule has 0 spiro atoms. The molecule has 22 heavy (non-hydrogen) atoms. The van der Waals surface area contributed by atoms with Gasteiger partial charge in [0.1, 0.15) is 6.04 Å². The number of aryl methyl sites for hydroxylation is 2. The van der Waals surface area contributed by atoms with Crippen LogP contribution in [0.3, 0.4) is 0 Å². The number of hydrogen-bond donors (Lipinski definition) is 1. The van der Waals surface area contributed by atoms with Crippen molar-refractivity contribution in [3.8, 4) is 0 Å². The maximum absolute atomic E-state index is 12.5. The first-order valence-electron chi connectivity index (χ1n) is 7.64. The van der Waals surface area contributed by atoms with Gasteiger partial charge in [-0.3, -0.25) is 14.7 Å². The Bertz CT molecular complexity index is 684. The first-order chi connectivity index (χ1) is 10.7. The number of rotatable bonds is 3. The molecule has 1 atom stereocenters. The second-order valence-corrected chi connectivity index (χ2v) is 5.77. The molecule has 0 radical (unpaired) electrons. The minimum absolute atomic E-state index is 0.0853. The third-order valence-electron chi connectivity index (χ3n) is 4.28. The zero-order valence-electron chi connectivity index (χ0n) is 13.0. The van der Waals surface area contributed by atoms with Crippen molar-refractivity contribution in [2.45, 2.75) is 26.4 Å². The number of nitrogens with one attached hydrogen (secondary N) is 1. The Morgan fingerprint density at radius 2 is 2.05 bits per heavy atom. The fourth-order valence-electron chi connectivity index (χ4n) is 3.02. The Morgan fingerprint density at radius 3 is 2.82 bits per heavy atom. The molecule has 1 unspecified atom stereocenters. The van der Waals surface area contributed by atoms with Crippen LogP contribution in [-0.4, -0.2) is 28.9 Å². The number of amides is 1. The number of benzene rings is 1. The number of piperazine rings is 1. The fraction of sp³-hybridized carbons (Fsp3) is 0.333. The number of hydrogen-bond acceptors (Lipinski definition) is 3. The summed E-state index contributed by atoms with van der Waals surface area (Å²) in [6.45, 7) is 6.36. The molecule has 4 heteroatoms. The molecule has 1 aliphatic heterocycles. The average Bonchev–Trinajstić information content (AvgIpc) is 2.51. The Hall–Kier alpha value is -2.20. The van der Waals surface area contributed by atoms with Crippen LogP contribution in [0.1, 0.15) is 28.4 Å². The number of aromatic nitrogens is 1. The van der Waals surface area contributed by atoms with Gasteiger partial charge in [-0.15, -0.1) is 0 Å². The van der Waals surface area contributed by atoms with E-state index in [0.717, 1.165) is 29.9 Å². The van der Waals surface area contributed by atoms with Crippen molar-refractivity contribution in [3.05, 3.63) is 65.0 Å². The summed E-state index contributed by atoms with van der Waals surface area (Å²) in [5, 5.41) is 2.99. The lowest BCUT2D eigenvalue weighted by Crippen LogP contribution is -2.49. The van der Waals surface area contributed by atoms with Crippen LogP contribution in [0.2, 0.25) is 0 Å². The Morgan fingerprint density at radius 1 is 1.23 bits per heavy atom. The molecule has 1 aromatic heterocycles. The van der Waals surface area contributed by atoms with E-state index in [1.54, 1.807) is 6.20 Å². The van der Waals surface area contributed by atoms with Crippen molar-refractivity contribution in [1.82, 2.24) is 15.2 Å².